The van der Waals surface area contributed by atoms with Gasteiger partial charge in [0.1, 0.15) is 0 Å². The SMILES string of the molecule is OCCC1(CCOCc2ccccc2)OCCO1. The van der Waals surface area contributed by atoms with E-state index in [2.05, 4.69) is 0 Å². The molecule has 0 aliphatic carbocycles. The number of aliphatic hydroxyl groups excluding tert-OH is 1. The topological polar surface area (TPSA) is 47.9 Å². The Balaban J connectivity index is 1.71. The molecule has 0 bridgehead atoms. The lowest BCUT2D eigenvalue weighted by Crippen LogP contribution is -2.33. The van der Waals surface area contributed by atoms with Gasteiger partial charge < -0.3 is 19.3 Å². The van der Waals surface area contributed by atoms with E-state index in [1.54, 1.807) is 0 Å². The van der Waals surface area contributed by atoms with Gasteiger partial charge in [-0.15, -0.1) is 0 Å². The third kappa shape index (κ3) is 3.78. The van der Waals surface area contributed by atoms with Gasteiger partial charge in [0.2, 0.25) is 0 Å². The van der Waals surface area contributed by atoms with Crippen molar-refractivity contribution in [2.75, 3.05) is 26.4 Å². The summed E-state index contributed by atoms with van der Waals surface area (Å²) >= 11 is 0. The van der Waals surface area contributed by atoms with Crippen LogP contribution in [0.5, 0.6) is 0 Å². The highest BCUT2D eigenvalue weighted by atomic mass is 16.7. The van der Waals surface area contributed by atoms with Gasteiger partial charge in [0.25, 0.3) is 0 Å². The number of benzene rings is 1. The second-order valence-corrected chi connectivity index (χ2v) is 4.37. The molecule has 4 heteroatoms. The van der Waals surface area contributed by atoms with Gasteiger partial charge in [-0.1, -0.05) is 30.3 Å². The summed E-state index contributed by atoms with van der Waals surface area (Å²) in [4.78, 5) is 0. The lowest BCUT2D eigenvalue weighted by molar-refractivity contribution is -0.179. The molecule has 1 saturated heterocycles. The molecule has 4 nitrogen and oxygen atoms in total. The number of hydrogen-bond acceptors (Lipinski definition) is 4. The van der Waals surface area contributed by atoms with Crippen molar-refractivity contribution < 1.29 is 19.3 Å². The van der Waals surface area contributed by atoms with Crippen LogP contribution >= 0.6 is 0 Å². The molecule has 1 aromatic carbocycles. The summed E-state index contributed by atoms with van der Waals surface area (Å²) in [6.45, 7) is 2.42. The van der Waals surface area contributed by atoms with Gasteiger partial charge in [0, 0.05) is 19.4 Å². The van der Waals surface area contributed by atoms with Gasteiger partial charge in [0.15, 0.2) is 5.79 Å². The molecule has 0 unspecified atom stereocenters. The lowest BCUT2D eigenvalue weighted by atomic mass is 10.1. The Hall–Kier alpha value is -0.940. The summed E-state index contributed by atoms with van der Waals surface area (Å²) in [7, 11) is 0. The first-order valence-electron chi connectivity index (χ1n) is 6.35. The van der Waals surface area contributed by atoms with E-state index < -0.39 is 5.79 Å². The molecule has 1 fully saturated rings. The van der Waals surface area contributed by atoms with Crippen molar-refractivity contribution in [2.45, 2.75) is 25.2 Å². The zero-order chi connectivity index (χ0) is 12.7. The van der Waals surface area contributed by atoms with Crippen molar-refractivity contribution in [3.8, 4) is 0 Å². The monoisotopic (exact) mass is 252 g/mol. The highest BCUT2D eigenvalue weighted by molar-refractivity contribution is 5.13. The fraction of sp³-hybridized carbons (Fsp3) is 0.571. The zero-order valence-electron chi connectivity index (χ0n) is 10.5. The second kappa shape index (κ2) is 6.85. The van der Waals surface area contributed by atoms with E-state index in [0.717, 1.165) is 5.56 Å². The van der Waals surface area contributed by atoms with E-state index in [-0.39, 0.29) is 6.61 Å². The molecule has 1 aliphatic heterocycles. The maximum absolute atomic E-state index is 9.03. The number of rotatable bonds is 7. The van der Waals surface area contributed by atoms with Crippen LogP contribution in [0.1, 0.15) is 18.4 Å². The largest absolute Gasteiger partial charge is 0.396 e. The van der Waals surface area contributed by atoms with Crippen LogP contribution in [0.3, 0.4) is 0 Å². The Morgan fingerprint density at radius 2 is 1.83 bits per heavy atom. The molecule has 0 aromatic heterocycles. The molecule has 0 spiro atoms. The first kappa shape index (κ1) is 13.5. The van der Waals surface area contributed by atoms with E-state index >= 15 is 0 Å². The predicted molar refractivity (Wildman–Crippen MR) is 67.1 cm³/mol. The Morgan fingerprint density at radius 3 is 2.50 bits per heavy atom. The number of aliphatic hydroxyl groups is 1. The van der Waals surface area contributed by atoms with Crippen molar-refractivity contribution in [3.63, 3.8) is 0 Å². The fourth-order valence-corrected chi connectivity index (χ4v) is 2.07. The zero-order valence-corrected chi connectivity index (χ0v) is 10.5. The molecule has 18 heavy (non-hydrogen) atoms. The molecule has 1 heterocycles. The molecular weight excluding hydrogens is 232 g/mol. The third-order valence-corrected chi connectivity index (χ3v) is 3.05. The summed E-state index contributed by atoms with van der Waals surface area (Å²) in [5, 5.41) is 9.03. The first-order chi connectivity index (χ1) is 8.85. The number of ether oxygens (including phenoxy) is 3. The average Bonchev–Trinajstić information content (AvgIpc) is 2.86. The van der Waals surface area contributed by atoms with E-state index in [1.165, 1.54) is 0 Å². The highest BCUT2D eigenvalue weighted by Crippen LogP contribution is 2.27. The first-order valence-corrected chi connectivity index (χ1v) is 6.35. The molecule has 100 valence electrons. The minimum Gasteiger partial charge on any atom is -0.396 e. The van der Waals surface area contributed by atoms with Gasteiger partial charge in [-0.05, 0) is 5.56 Å². The van der Waals surface area contributed by atoms with Crippen LogP contribution in [0.25, 0.3) is 0 Å². The summed E-state index contributed by atoms with van der Waals surface area (Å²) in [5.41, 5.74) is 1.15. The molecule has 0 amide bonds. The van der Waals surface area contributed by atoms with E-state index in [0.29, 0.717) is 39.3 Å². The van der Waals surface area contributed by atoms with Gasteiger partial charge in [-0.25, -0.2) is 0 Å². The van der Waals surface area contributed by atoms with E-state index in [1.807, 2.05) is 30.3 Å². The Bertz CT molecular complexity index is 333. The van der Waals surface area contributed by atoms with Crippen molar-refractivity contribution >= 4 is 0 Å². The van der Waals surface area contributed by atoms with Crippen LogP contribution in [0, 0.1) is 0 Å². The van der Waals surface area contributed by atoms with Crippen LogP contribution in [0.4, 0.5) is 0 Å². The predicted octanol–water partition coefficient (Wildman–Crippen LogP) is 1.72. The van der Waals surface area contributed by atoms with Gasteiger partial charge in [-0.3, -0.25) is 0 Å². The van der Waals surface area contributed by atoms with Crippen LogP contribution in [-0.4, -0.2) is 37.3 Å². The molecule has 1 aromatic rings. The highest BCUT2D eigenvalue weighted by Gasteiger charge is 2.35. The standard InChI is InChI=1S/C14H20O4/c15-8-6-14(17-10-11-18-14)7-9-16-12-13-4-2-1-3-5-13/h1-5,15H,6-12H2. The smallest absolute Gasteiger partial charge is 0.172 e. The maximum Gasteiger partial charge on any atom is 0.172 e. The second-order valence-electron chi connectivity index (χ2n) is 4.37. The van der Waals surface area contributed by atoms with Crippen molar-refractivity contribution in [2.24, 2.45) is 0 Å². The van der Waals surface area contributed by atoms with Gasteiger partial charge in [0.05, 0.1) is 26.4 Å². The summed E-state index contributed by atoms with van der Waals surface area (Å²) < 4.78 is 16.8. The lowest BCUT2D eigenvalue weighted by Gasteiger charge is -2.26. The van der Waals surface area contributed by atoms with Gasteiger partial charge >= 0.3 is 0 Å². The van der Waals surface area contributed by atoms with Crippen LogP contribution in [0.15, 0.2) is 30.3 Å². The van der Waals surface area contributed by atoms with Crippen LogP contribution in [0.2, 0.25) is 0 Å². The molecule has 0 saturated carbocycles. The van der Waals surface area contributed by atoms with Gasteiger partial charge in [-0.2, -0.15) is 0 Å². The Labute approximate surface area is 107 Å². The quantitative estimate of drug-likeness (QED) is 0.751. The third-order valence-electron chi connectivity index (χ3n) is 3.05. The maximum atomic E-state index is 9.03. The number of hydrogen-bond donors (Lipinski definition) is 1. The molecule has 1 N–H and O–H groups in total. The minimum atomic E-state index is -0.633. The van der Waals surface area contributed by atoms with Crippen molar-refractivity contribution in [1.29, 1.82) is 0 Å². The van der Waals surface area contributed by atoms with Crippen LogP contribution < -0.4 is 0 Å². The Kier molecular flexibility index (Phi) is 5.13. The molecule has 1 aliphatic rings. The van der Waals surface area contributed by atoms with Crippen molar-refractivity contribution in [1.82, 2.24) is 0 Å². The van der Waals surface area contributed by atoms with Crippen molar-refractivity contribution in [3.05, 3.63) is 35.9 Å². The average molecular weight is 252 g/mol. The summed E-state index contributed by atoms with van der Waals surface area (Å²) in [6, 6.07) is 10.0. The Morgan fingerprint density at radius 1 is 1.11 bits per heavy atom. The summed E-state index contributed by atoms with van der Waals surface area (Å²) in [5.74, 6) is -0.633. The molecule has 2 rings (SSSR count). The molecule has 0 atom stereocenters. The van der Waals surface area contributed by atoms with E-state index in [4.69, 9.17) is 19.3 Å². The normalized spacial score (nSPS) is 18.1. The fourth-order valence-electron chi connectivity index (χ4n) is 2.07. The summed E-state index contributed by atoms with van der Waals surface area (Å²) in [6.07, 6.45) is 1.15. The van der Waals surface area contributed by atoms with Crippen LogP contribution in [-0.2, 0) is 20.8 Å². The minimum absolute atomic E-state index is 0.0681. The molecular formula is C14H20O4. The van der Waals surface area contributed by atoms with E-state index in [9.17, 15) is 0 Å². The molecule has 0 radical (unpaired) electrons.